The van der Waals surface area contributed by atoms with E-state index in [-0.39, 0.29) is 12.1 Å². The van der Waals surface area contributed by atoms with Crippen molar-refractivity contribution in [3.63, 3.8) is 0 Å². The Morgan fingerprint density at radius 3 is 2.69 bits per heavy atom. The minimum absolute atomic E-state index is 0.0453. The van der Waals surface area contributed by atoms with E-state index in [1.165, 1.54) is 4.90 Å². The van der Waals surface area contributed by atoms with E-state index in [0.29, 0.717) is 36.1 Å². The second kappa shape index (κ2) is 8.66. The van der Waals surface area contributed by atoms with Crippen LogP contribution >= 0.6 is 0 Å². The molecular formula is C22H25N7O3. The molecule has 4 amide bonds. The molecule has 1 aliphatic heterocycles. The van der Waals surface area contributed by atoms with Crippen LogP contribution in [0.3, 0.4) is 0 Å². The third kappa shape index (κ3) is 4.39. The molecule has 10 heteroatoms. The summed E-state index contributed by atoms with van der Waals surface area (Å²) < 4.78 is 7.69. The van der Waals surface area contributed by atoms with Crippen molar-refractivity contribution in [2.75, 3.05) is 18.4 Å². The Labute approximate surface area is 185 Å². The number of rotatable bonds is 5. The number of pyridine rings is 2. The number of anilines is 1. The Morgan fingerprint density at radius 1 is 1.22 bits per heavy atom. The number of hydrogen-bond acceptors (Lipinski definition) is 6. The Balaban J connectivity index is 1.44. The predicted molar refractivity (Wildman–Crippen MR) is 118 cm³/mol. The minimum atomic E-state index is -0.492. The highest BCUT2D eigenvalue weighted by Gasteiger charge is 2.34. The fourth-order valence-electron chi connectivity index (χ4n) is 3.44. The van der Waals surface area contributed by atoms with E-state index in [0.717, 1.165) is 11.3 Å². The summed E-state index contributed by atoms with van der Waals surface area (Å²) in [5.74, 6) is 1.51. The van der Waals surface area contributed by atoms with Gasteiger partial charge in [-0.25, -0.2) is 19.5 Å². The van der Waals surface area contributed by atoms with Crippen LogP contribution in [0.25, 0.3) is 11.3 Å². The van der Waals surface area contributed by atoms with Crippen LogP contribution in [0.2, 0.25) is 0 Å². The van der Waals surface area contributed by atoms with Crippen molar-refractivity contribution >= 4 is 17.9 Å². The van der Waals surface area contributed by atoms with Crippen molar-refractivity contribution in [3.05, 3.63) is 48.5 Å². The molecule has 1 aliphatic rings. The zero-order chi connectivity index (χ0) is 22.8. The maximum Gasteiger partial charge on any atom is 0.331 e. The first-order valence-corrected chi connectivity index (χ1v) is 10.3. The van der Waals surface area contributed by atoms with Gasteiger partial charge in [-0.1, -0.05) is 0 Å². The Kier molecular flexibility index (Phi) is 5.76. The van der Waals surface area contributed by atoms with Gasteiger partial charge in [-0.05, 0) is 39.0 Å². The number of aromatic nitrogens is 4. The summed E-state index contributed by atoms with van der Waals surface area (Å²) in [6.07, 6.45) is 5.28. The molecule has 0 unspecified atom stereocenters. The van der Waals surface area contributed by atoms with E-state index in [9.17, 15) is 9.59 Å². The number of carbonyl (C=O) groups is 2. The van der Waals surface area contributed by atoms with Crippen LogP contribution in [0, 0.1) is 6.92 Å². The first-order chi connectivity index (χ1) is 15.3. The molecule has 4 heterocycles. The maximum absolute atomic E-state index is 12.5. The minimum Gasteiger partial charge on any atom is -0.455 e. The largest absolute Gasteiger partial charge is 0.455 e. The van der Waals surface area contributed by atoms with Crippen LogP contribution < -0.4 is 10.1 Å². The van der Waals surface area contributed by atoms with Crippen molar-refractivity contribution in [1.29, 1.82) is 0 Å². The second-order valence-electron chi connectivity index (χ2n) is 7.81. The predicted octanol–water partition coefficient (Wildman–Crippen LogP) is 3.66. The molecule has 3 aromatic rings. The fourth-order valence-corrected chi connectivity index (χ4v) is 3.44. The zero-order valence-corrected chi connectivity index (χ0v) is 18.4. The lowest BCUT2D eigenvalue weighted by molar-refractivity contribution is 0.183. The SMILES string of the molecule is Cc1nc(NC(=O)N2CCN(C(C)C)C2=O)ccc1Oc1ccnc(-c2cnn(C)c2)c1. The summed E-state index contributed by atoms with van der Waals surface area (Å²) in [7, 11) is 1.85. The summed E-state index contributed by atoms with van der Waals surface area (Å²) in [5.41, 5.74) is 2.23. The highest BCUT2D eigenvalue weighted by Crippen LogP contribution is 2.28. The number of nitrogens with one attached hydrogen (secondary N) is 1. The number of carbonyl (C=O) groups excluding carboxylic acids is 2. The molecule has 10 nitrogen and oxygen atoms in total. The van der Waals surface area contributed by atoms with Crippen molar-refractivity contribution in [1.82, 2.24) is 29.5 Å². The summed E-state index contributed by atoms with van der Waals surface area (Å²) in [6.45, 7) is 6.51. The van der Waals surface area contributed by atoms with E-state index >= 15 is 0 Å². The lowest BCUT2D eigenvalue weighted by Gasteiger charge is -2.21. The molecule has 1 N–H and O–H groups in total. The van der Waals surface area contributed by atoms with Gasteiger partial charge in [-0.15, -0.1) is 0 Å². The van der Waals surface area contributed by atoms with Crippen molar-refractivity contribution in [2.45, 2.75) is 26.8 Å². The van der Waals surface area contributed by atoms with Crippen LogP contribution in [0.1, 0.15) is 19.5 Å². The molecule has 0 atom stereocenters. The van der Waals surface area contributed by atoms with Gasteiger partial charge in [0.15, 0.2) is 0 Å². The Bertz CT molecular complexity index is 1160. The number of ether oxygens (including phenoxy) is 1. The van der Waals surface area contributed by atoms with Gasteiger partial charge in [0.2, 0.25) is 0 Å². The first kappa shape index (κ1) is 21.3. The monoisotopic (exact) mass is 435 g/mol. The van der Waals surface area contributed by atoms with E-state index in [1.807, 2.05) is 33.2 Å². The second-order valence-corrected chi connectivity index (χ2v) is 7.81. The van der Waals surface area contributed by atoms with Crippen LogP contribution in [-0.4, -0.2) is 60.7 Å². The molecule has 1 saturated heterocycles. The molecule has 0 aliphatic carbocycles. The van der Waals surface area contributed by atoms with Gasteiger partial charge in [0, 0.05) is 50.2 Å². The molecule has 166 valence electrons. The van der Waals surface area contributed by atoms with Gasteiger partial charge in [0.1, 0.15) is 17.3 Å². The summed E-state index contributed by atoms with van der Waals surface area (Å²) in [5, 5.41) is 6.86. The van der Waals surface area contributed by atoms with Crippen molar-refractivity contribution in [2.24, 2.45) is 7.05 Å². The van der Waals surface area contributed by atoms with Crippen molar-refractivity contribution < 1.29 is 14.3 Å². The molecule has 0 radical (unpaired) electrons. The maximum atomic E-state index is 12.5. The number of amides is 4. The van der Waals surface area contributed by atoms with E-state index in [4.69, 9.17) is 4.74 Å². The van der Waals surface area contributed by atoms with Gasteiger partial charge in [0.25, 0.3) is 0 Å². The first-order valence-electron chi connectivity index (χ1n) is 10.3. The Morgan fingerprint density at radius 2 is 2.03 bits per heavy atom. The molecular weight excluding hydrogens is 410 g/mol. The van der Waals surface area contributed by atoms with Crippen LogP contribution in [-0.2, 0) is 7.05 Å². The summed E-state index contributed by atoms with van der Waals surface area (Å²) >= 11 is 0. The molecule has 0 saturated carbocycles. The third-order valence-corrected chi connectivity index (χ3v) is 5.14. The molecule has 0 bridgehead atoms. The molecule has 0 aromatic carbocycles. The van der Waals surface area contributed by atoms with Crippen LogP contribution in [0.15, 0.2) is 42.9 Å². The van der Waals surface area contributed by atoms with Gasteiger partial charge in [0.05, 0.1) is 17.6 Å². The lowest BCUT2D eigenvalue weighted by Crippen LogP contribution is -2.41. The van der Waals surface area contributed by atoms with Crippen LogP contribution in [0.4, 0.5) is 15.4 Å². The standard InChI is InChI=1S/C22H25N7O3/c1-14(2)28-9-10-29(22(28)31)21(30)26-20-6-5-19(15(3)25-20)32-17-7-8-23-18(11-17)16-12-24-27(4)13-16/h5-8,11-14H,9-10H2,1-4H3,(H,25,26,30). The summed E-state index contributed by atoms with van der Waals surface area (Å²) in [6, 6.07) is 6.22. The quantitative estimate of drug-likeness (QED) is 0.656. The zero-order valence-electron chi connectivity index (χ0n) is 18.4. The number of imide groups is 1. The third-order valence-electron chi connectivity index (χ3n) is 5.14. The number of urea groups is 2. The molecule has 1 fully saturated rings. The van der Waals surface area contributed by atoms with Crippen molar-refractivity contribution in [3.8, 4) is 22.8 Å². The summed E-state index contributed by atoms with van der Waals surface area (Å²) in [4.78, 5) is 36.5. The number of aryl methyl sites for hydroxylation is 2. The van der Waals surface area contributed by atoms with Gasteiger partial charge in [-0.3, -0.25) is 15.0 Å². The lowest BCUT2D eigenvalue weighted by atomic mass is 10.2. The highest BCUT2D eigenvalue weighted by atomic mass is 16.5. The molecule has 0 spiro atoms. The van der Waals surface area contributed by atoms with Gasteiger partial charge < -0.3 is 9.64 Å². The normalized spacial score (nSPS) is 13.7. The van der Waals surface area contributed by atoms with Crippen LogP contribution in [0.5, 0.6) is 11.5 Å². The van der Waals surface area contributed by atoms with E-state index in [1.54, 1.807) is 47.1 Å². The van der Waals surface area contributed by atoms with E-state index in [2.05, 4.69) is 20.4 Å². The molecule has 4 rings (SSSR count). The van der Waals surface area contributed by atoms with Gasteiger partial charge >= 0.3 is 12.1 Å². The number of nitrogens with zero attached hydrogens (tertiary/aromatic N) is 6. The molecule has 32 heavy (non-hydrogen) atoms. The fraction of sp³-hybridized carbons (Fsp3) is 0.318. The Hall–Kier alpha value is -3.95. The molecule has 3 aromatic heterocycles. The smallest absolute Gasteiger partial charge is 0.331 e. The highest BCUT2D eigenvalue weighted by molar-refractivity contribution is 6.01. The van der Waals surface area contributed by atoms with E-state index < -0.39 is 6.03 Å². The topological polar surface area (TPSA) is 105 Å². The van der Waals surface area contributed by atoms with Gasteiger partial charge in [-0.2, -0.15) is 5.10 Å². The average molecular weight is 435 g/mol. The average Bonchev–Trinajstić information content (AvgIpc) is 3.36. The number of hydrogen-bond donors (Lipinski definition) is 1.